The summed E-state index contributed by atoms with van der Waals surface area (Å²) < 4.78 is 47.6. The summed E-state index contributed by atoms with van der Waals surface area (Å²) >= 11 is 1.16. The number of nitrogens with one attached hydrogen (secondary N) is 1. The number of hydrogen-bond acceptors (Lipinski definition) is 8. The minimum absolute atomic E-state index is 0.107. The lowest BCUT2D eigenvalue weighted by Gasteiger charge is -2.22. The molecule has 0 unspecified atom stereocenters. The van der Waals surface area contributed by atoms with Crippen LogP contribution in [0.1, 0.15) is 52.6 Å². The summed E-state index contributed by atoms with van der Waals surface area (Å²) in [7, 11) is 1.23. The molecule has 3 aromatic carbocycles. The number of benzene rings is 3. The maximum atomic E-state index is 13.1. The van der Waals surface area contributed by atoms with Crippen LogP contribution >= 0.6 is 11.8 Å². The van der Waals surface area contributed by atoms with Crippen LogP contribution in [0.15, 0.2) is 72.0 Å². The molecule has 48 heavy (non-hydrogen) atoms. The molecule has 4 aromatic rings. The number of aromatic nitrogens is 3. The number of aryl methyl sites for hydroxylation is 3. The molecular weight excluding hydrogens is 649 g/mol. The van der Waals surface area contributed by atoms with Gasteiger partial charge in [0.2, 0.25) is 5.91 Å². The van der Waals surface area contributed by atoms with Gasteiger partial charge in [-0.15, -0.1) is 13.2 Å². The molecule has 1 aromatic heterocycles. The number of nitrogens with zero attached hydrogens (tertiary/aromatic N) is 5. The number of alkyl halides is 3. The van der Waals surface area contributed by atoms with Crippen molar-refractivity contribution in [3.05, 3.63) is 95.1 Å². The maximum Gasteiger partial charge on any atom is 0.573 e. The minimum atomic E-state index is -4.79. The number of urea groups is 1. The molecular formula is C33H31F3N6O5S. The second-order valence-electron chi connectivity index (χ2n) is 11.1. The Hall–Kier alpha value is -5.18. The van der Waals surface area contributed by atoms with Crippen LogP contribution in [0.3, 0.4) is 0 Å². The van der Waals surface area contributed by atoms with E-state index in [0.29, 0.717) is 30.0 Å². The van der Waals surface area contributed by atoms with Crippen molar-refractivity contribution >= 4 is 46.2 Å². The first-order chi connectivity index (χ1) is 22.8. The Balaban J connectivity index is 1.29. The zero-order valence-corrected chi connectivity index (χ0v) is 27.2. The number of aliphatic imine (C=N–C) groups is 1. The molecule has 5 rings (SSSR count). The van der Waals surface area contributed by atoms with Crippen molar-refractivity contribution in [3.8, 4) is 11.4 Å². The van der Waals surface area contributed by atoms with E-state index in [2.05, 4.69) is 25.1 Å². The molecule has 15 heteroatoms. The van der Waals surface area contributed by atoms with Crippen LogP contribution in [0, 0.1) is 6.92 Å². The van der Waals surface area contributed by atoms with Gasteiger partial charge in [-0.05, 0) is 78.4 Å². The van der Waals surface area contributed by atoms with E-state index in [4.69, 9.17) is 4.74 Å². The quantitative estimate of drug-likeness (QED) is 0.191. The van der Waals surface area contributed by atoms with Gasteiger partial charge in [-0.25, -0.2) is 19.3 Å². The van der Waals surface area contributed by atoms with Crippen molar-refractivity contribution in [2.24, 2.45) is 4.99 Å². The summed E-state index contributed by atoms with van der Waals surface area (Å²) in [6, 6.07) is 15.2. The van der Waals surface area contributed by atoms with Crippen LogP contribution in [0.5, 0.6) is 5.75 Å². The maximum absolute atomic E-state index is 13.1. The molecule has 1 N–H and O–H groups in total. The monoisotopic (exact) mass is 680 g/mol. The Morgan fingerprint density at radius 2 is 1.81 bits per heavy atom. The van der Waals surface area contributed by atoms with Gasteiger partial charge in [0.05, 0.1) is 35.5 Å². The smallest absolute Gasteiger partial charge is 0.465 e. The molecule has 0 aliphatic carbocycles. The van der Waals surface area contributed by atoms with Gasteiger partial charge in [0.25, 0.3) is 0 Å². The number of amidine groups is 1. The van der Waals surface area contributed by atoms with Crippen LogP contribution in [0.2, 0.25) is 0 Å². The number of hydrogen-bond donors (Lipinski definition) is 1. The molecule has 1 aliphatic heterocycles. The third-order valence-electron chi connectivity index (χ3n) is 7.25. The number of methoxy groups -OCH3 is 1. The Bertz CT molecular complexity index is 1870. The van der Waals surface area contributed by atoms with E-state index in [1.807, 2.05) is 39.0 Å². The highest BCUT2D eigenvalue weighted by Crippen LogP contribution is 2.34. The Morgan fingerprint density at radius 1 is 1.06 bits per heavy atom. The van der Waals surface area contributed by atoms with E-state index in [1.54, 1.807) is 18.2 Å². The van der Waals surface area contributed by atoms with E-state index in [-0.39, 0.29) is 39.7 Å². The van der Waals surface area contributed by atoms with Gasteiger partial charge in [0.1, 0.15) is 12.1 Å². The number of ether oxygens (including phenoxy) is 2. The molecule has 1 aliphatic rings. The molecule has 1 saturated heterocycles. The second kappa shape index (κ2) is 14.3. The van der Waals surface area contributed by atoms with Gasteiger partial charge in [-0.3, -0.25) is 9.69 Å². The van der Waals surface area contributed by atoms with Crippen molar-refractivity contribution in [1.29, 1.82) is 0 Å². The number of halogens is 3. The van der Waals surface area contributed by atoms with Gasteiger partial charge < -0.3 is 14.8 Å². The highest BCUT2D eigenvalue weighted by atomic mass is 32.2. The average molecular weight is 681 g/mol. The zero-order valence-electron chi connectivity index (χ0n) is 26.4. The van der Waals surface area contributed by atoms with Crippen LogP contribution < -0.4 is 15.0 Å². The fourth-order valence-corrected chi connectivity index (χ4v) is 5.83. The fraction of sp³-hybridized carbons (Fsp3) is 0.273. The predicted octanol–water partition coefficient (Wildman–Crippen LogP) is 6.84. The highest BCUT2D eigenvalue weighted by molar-refractivity contribution is 8.15. The third kappa shape index (κ3) is 8.20. The van der Waals surface area contributed by atoms with E-state index < -0.39 is 18.4 Å². The molecule has 11 nitrogen and oxygen atoms in total. The van der Waals surface area contributed by atoms with Crippen LogP contribution in [-0.2, 0) is 22.4 Å². The molecule has 0 saturated carbocycles. The standard InChI is InChI=1S/C33H31F3N6O5S/c1-19(2)24-12-5-20(3)15-27(24)42-29(43)17-48-32(42)39-31(45)38-26-13-6-21(16-25(26)30(44)46-4)7-14-28-37-18-41(40-28)22-8-10-23(11-9-22)47-33(34,35)36/h5-6,8-13,15-16,18-19H,7,14,17H2,1-4H3,(H,38,45). The van der Waals surface area contributed by atoms with Gasteiger partial charge in [-0.2, -0.15) is 10.1 Å². The van der Waals surface area contributed by atoms with Crippen LogP contribution in [0.4, 0.5) is 29.3 Å². The number of thioether (sulfide) groups is 1. The lowest BCUT2D eigenvalue weighted by atomic mass is 9.99. The molecule has 2 heterocycles. The summed E-state index contributed by atoms with van der Waals surface area (Å²) in [6.45, 7) is 5.97. The van der Waals surface area contributed by atoms with Crippen molar-refractivity contribution in [3.63, 3.8) is 0 Å². The number of amides is 3. The number of carbonyl (C=O) groups excluding carboxylic acids is 3. The topological polar surface area (TPSA) is 128 Å². The molecule has 0 atom stereocenters. The third-order valence-corrected chi connectivity index (χ3v) is 8.18. The van der Waals surface area contributed by atoms with Crippen molar-refractivity contribution in [1.82, 2.24) is 14.8 Å². The lowest BCUT2D eigenvalue weighted by molar-refractivity contribution is -0.274. The SMILES string of the molecule is COC(=O)c1cc(CCc2ncn(-c3ccc(OC(F)(F)F)cc3)n2)ccc1NC(=O)N=C1SCC(=O)N1c1cc(C)ccc1C(C)C. The summed E-state index contributed by atoms with van der Waals surface area (Å²) in [5, 5.41) is 7.27. The number of carbonyl (C=O) groups is 3. The lowest BCUT2D eigenvalue weighted by Crippen LogP contribution is -2.31. The van der Waals surface area contributed by atoms with E-state index >= 15 is 0 Å². The van der Waals surface area contributed by atoms with Crippen LogP contribution in [-0.4, -0.2) is 57.1 Å². The molecule has 1 fully saturated rings. The predicted molar refractivity (Wildman–Crippen MR) is 175 cm³/mol. The van der Waals surface area contributed by atoms with E-state index in [0.717, 1.165) is 28.5 Å². The number of esters is 1. The fourth-order valence-electron chi connectivity index (χ4n) is 4.98. The van der Waals surface area contributed by atoms with Crippen molar-refractivity contribution in [2.45, 2.75) is 45.9 Å². The molecule has 3 amide bonds. The average Bonchev–Trinajstić information content (AvgIpc) is 3.65. The van der Waals surface area contributed by atoms with E-state index in [1.165, 1.54) is 47.3 Å². The zero-order chi connectivity index (χ0) is 34.6. The highest BCUT2D eigenvalue weighted by Gasteiger charge is 2.33. The molecule has 0 bridgehead atoms. The first-order valence-corrected chi connectivity index (χ1v) is 15.7. The van der Waals surface area contributed by atoms with Crippen LogP contribution in [0.25, 0.3) is 5.69 Å². The minimum Gasteiger partial charge on any atom is -0.465 e. The first-order valence-electron chi connectivity index (χ1n) is 14.7. The van der Waals surface area contributed by atoms with Crippen molar-refractivity contribution in [2.75, 3.05) is 23.1 Å². The molecule has 0 spiro atoms. The number of rotatable bonds is 9. The summed E-state index contributed by atoms with van der Waals surface area (Å²) in [6.07, 6.45) is -2.55. The Labute approximate surface area is 278 Å². The first kappa shape index (κ1) is 34.2. The molecule has 250 valence electrons. The summed E-state index contributed by atoms with van der Waals surface area (Å²) in [5.41, 5.74) is 4.09. The normalized spacial score (nSPS) is 14.1. The van der Waals surface area contributed by atoms with Crippen molar-refractivity contribution < 1.29 is 37.0 Å². The van der Waals surface area contributed by atoms with E-state index in [9.17, 15) is 27.6 Å². The number of anilines is 2. The largest absolute Gasteiger partial charge is 0.573 e. The summed E-state index contributed by atoms with van der Waals surface area (Å²) in [5.74, 6) is -0.488. The Morgan fingerprint density at radius 3 is 2.50 bits per heavy atom. The second-order valence-corrected chi connectivity index (χ2v) is 12.0. The van der Waals surface area contributed by atoms with Gasteiger partial charge in [-0.1, -0.05) is 43.8 Å². The van der Waals surface area contributed by atoms with Gasteiger partial charge >= 0.3 is 18.4 Å². The summed E-state index contributed by atoms with van der Waals surface area (Å²) in [4.78, 5) is 48.6. The van der Waals surface area contributed by atoms with Gasteiger partial charge in [0, 0.05) is 6.42 Å². The molecule has 0 radical (unpaired) electrons. The van der Waals surface area contributed by atoms with Gasteiger partial charge in [0.15, 0.2) is 11.0 Å². The Kier molecular flexibility index (Phi) is 10.2.